The third-order valence-corrected chi connectivity index (χ3v) is 7.50. The minimum absolute atomic E-state index is 0.570. The number of piperazine rings is 1. The molecule has 0 atom stereocenters. The highest BCUT2D eigenvalue weighted by atomic mass is 16.3. The normalized spacial score (nSPS) is 19.2. The molecule has 1 N–H and O–H groups in total. The number of hydrogen-bond acceptors (Lipinski definition) is 8. The van der Waals surface area contributed by atoms with E-state index in [1.165, 1.54) is 5.56 Å². The van der Waals surface area contributed by atoms with Crippen molar-refractivity contribution in [1.29, 1.82) is 0 Å². The molecule has 188 valence electrons. The van der Waals surface area contributed by atoms with Gasteiger partial charge in [-0.3, -0.25) is 4.90 Å². The predicted molar refractivity (Wildman–Crippen MR) is 138 cm³/mol. The van der Waals surface area contributed by atoms with Crippen molar-refractivity contribution >= 4 is 11.6 Å². The summed E-state index contributed by atoms with van der Waals surface area (Å²) in [5, 5.41) is 16.0. The van der Waals surface area contributed by atoms with E-state index in [0.29, 0.717) is 18.0 Å². The lowest BCUT2D eigenvalue weighted by Crippen LogP contribution is -2.46. The number of furan rings is 1. The van der Waals surface area contributed by atoms with E-state index in [1.54, 1.807) is 6.26 Å². The summed E-state index contributed by atoms with van der Waals surface area (Å²) >= 11 is 0. The number of rotatable bonds is 6. The Bertz CT molecular complexity index is 1290. The third kappa shape index (κ3) is 4.74. The molecule has 3 aromatic heterocycles. The van der Waals surface area contributed by atoms with Crippen molar-refractivity contribution in [1.82, 2.24) is 29.4 Å². The number of anilines is 1. The van der Waals surface area contributed by atoms with E-state index in [4.69, 9.17) is 19.5 Å². The Morgan fingerprint density at radius 2 is 1.75 bits per heavy atom. The van der Waals surface area contributed by atoms with Gasteiger partial charge in [-0.05, 0) is 37.6 Å². The van der Waals surface area contributed by atoms with E-state index in [1.807, 2.05) is 41.0 Å². The fraction of sp³-hybridized carbons (Fsp3) is 0.444. The van der Waals surface area contributed by atoms with Crippen LogP contribution in [0.5, 0.6) is 0 Å². The lowest BCUT2D eigenvalue weighted by atomic mass is 9.85. The highest BCUT2D eigenvalue weighted by Crippen LogP contribution is 2.29. The Kier molecular flexibility index (Phi) is 6.20. The third-order valence-electron chi connectivity index (χ3n) is 7.50. The van der Waals surface area contributed by atoms with Crippen molar-refractivity contribution in [3.8, 4) is 11.6 Å². The monoisotopic (exact) mass is 487 g/mol. The van der Waals surface area contributed by atoms with Gasteiger partial charge in [-0.1, -0.05) is 30.3 Å². The van der Waals surface area contributed by atoms with Crippen LogP contribution in [0.25, 0.3) is 17.2 Å². The SMILES string of the molecule is CN1CCN(c2ncc(CN3CCC(O)(Cc4ccccc4)CC3)c3nc(-c4ccco4)nn23)CC1. The number of likely N-dealkylation sites (N-methyl/N-ethyl adjacent to an activating group) is 1. The fourth-order valence-electron chi connectivity index (χ4n) is 5.27. The molecular weight excluding hydrogens is 454 g/mol. The zero-order chi connectivity index (χ0) is 24.5. The highest BCUT2D eigenvalue weighted by Gasteiger charge is 2.33. The molecule has 5 heterocycles. The predicted octanol–water partition coefficient (Wildman–Crippen LogP) is 2.71. The average molecular weight is 488 g/mol. The minimum Gasteiger partial charge on any atom is -0.461 e. The van der Waals surface area contributed by atoms with Crippen molar-refractivity contribution in [3.05, 3.63) is 66.1 Å². The zero-order valence-electron chi connectivity index (χ0n) is 20.8. The molecule has 2 saturated heterocycles. The summed E-state index contributed by atoms with van der Waals surface area (Å²) in [5.41, 5.74) is 2.38. The van der Waals surface area contributed by atoms with Crippen LogP contribution in [-0.4, -0.2) is 86.4 Å². The lowest BCUT2D eigenvalue weighted by Gasteiger charge is -2.38. The summed E-state index contributed by atoms with van der Waals surface area (Å²) in [7, 11) is 2.15. The van der Waals surface area contributed by atoms with Crippen LogP contribution in [0.15, 0.2) is 59.3 Å². The molecule has 1 aromatic carbocycles. The smallest absolute Gasteiger partial charge is 0.228 e. The van der Waals surface area contributed by atoms with E-state index in [2.05, 4.69) is 33.9 Å². The molecule has 0 aliphatic carbocycles. The summed E-state index contributed by atoms with van der Waals surface area (Å²) in [6, 6.07) is 14.0. The second kappa shape index (κ2) is 9.65. The Morgan fingerprint density at radius 3 is 2.47 bits per heavy atom. The fourth-order valence-corrected chi connectivity index (χ4v) is 5.27. The van der Waals surface area contributed by atoms with Crippen LogP contribution in [0, 0.1) is 0 Å². The number of hydrogen-bond donors (Lipinski definition) is 1. The quantitative estimate of drug-likeness (QED) is 0.444. The molecule has 0 spiro atoms. The van der Waals surface area contributed by atoms with Crippen molar-refractivity contribution in [3.63, 3.8) is 0 Å². The Balaban J connectivity index is 1.23. The molecule has 2 aliphatic rings. The number of piperidine rings is 1. The van der Waals surface area contributed by atoms with Gasteiger partial charge in [-0.15, -0.1) is 5.10 Å². The molecule has 0 amide bonds. The van der Waals surface area contributed by atoms with E-state index in [9.17, 15) is 5.11 Å². The lowest BCUT2D eigenvalue weighted by molar-refractivity contribution is -0.0224. The molecule has 0 radical (unpaired) electrons. The van der Waals surface area contributed by atoms with Gasteiger partial charge in [0, 0.05) is 64.0 Å². The van der Waals surface area contributed by atoms with Gasteiger partial charge in [0.2, 0.25) is 11.8 Å². The van der Waals surface area contributed by atoms with Gasteiger partial charge in [0.05, 0.1) is 11.9 Å². The van der Waals surface area contributed by atoms with Crippen LogP contribution in [0.1, 0.15) is 24.0 Å². The van der Waals surface area contributed by atoms with Crippen LogP contribution in [-0.2, 0) is 13.0 Å². The van der Waals surface area contributed by atoms with Crippen LogP contribution < -0.4 is 4.90 Å². The van der Waals surface area contributed by atoms with E-state index < -0.39 is 5.60 Å². The first-order valence-electron chi connectivity index (χ1n) is 12.8. The zero-order valence-corrected chi connectivity index (χ0v) is 20.8. The molecule has 0 saturated carbocycles. The summed E-state index contributed by atoms with van der Waals surface area (Å²) in [4.78, 5) is 16.7. The van der Waals surface area contributed by atoms with E-state index >= 15 is 0 Å². The topological polar surface area (TPSA) is 86.2 Å². The molecule has 0 unspecified atom stereocenters. The summed E-state index contributed by atoms with van der Waals surface area (Å²) in [6.45, 7) is 6.16. The van der Waals surface area contributed by atoms with Crippen LogP contribution in [0.2, 0.25) is 0 Å². The largest absolute Gasteiger partial charge is 0.461 e. The maximum atomic E-state index is 11.2. The highest BCUT2D eigenvalue weighted by molar-refractivity contribution is 5.58. The number of likely N-dealkylation sites (tertiary alicyclic amines) is 1. The molecule has 9 nitrogen and oxygen atoms in total. The molecule has 4 aromatic rings. The molecule has 9 heteroatoms. The van der Waals surface area contributed by atoms with E-state index in [-0.39, 0.29) is 0 Å². The average Bonchev–Trinajstić information content (AvgIpc) is 3.58. The Morgan fingerprint density at radius 1 is 0.972 bits per heavy atom. The second-order valence-corrected chi connectivity index (χ2v) is 10.2. The number of nitrogens with zero attached hydrogens (tertiary/aromatic N) is 7. The van der Waals surface area contributed by atoms with Gasteiger partial charge in [-0.2, -0.15) is 4.52 Å². The van der Waals surface area contributed by atoms with Gasteiger partial charge in [0.25, 0.3) is 0 Å². The maximum absolute atomic E-state index is 11.2. The van der Waals surface area contributed by atoms with Gasteiger partial charge in [0.15, 0.2) is 11.4 Å². The second-order valence-electron chi connectivity index (χ2n) is 10.2. The molecule has 0 bridgehead atoms. The summed E-state index contributed by atoms with van der Waals surface area (Å²) in [5.74, 6) is 2.04. The first-order chi connectivity index (χ1) is 17.6. The van der Waals surface area contributed by atoms with Crippen LogP contribution in [0.3, 0.4) is 0 Å². The molecular formula is C27H33N7O2. The summed E-state index contributed by atoms with van der Waals surface area (Å²) in [6.07, 6.45) is 5.79. The first-order valence-corrected chi connectivity index (χ1v) is 12.8. The van der Waals surface area contributed by atoms with Gasteiger partial charge in [-0.25, -0.2) is 9.97 Å². The van der Waals surface area contributed by atoms with Crippen molar-refractivity contribution < 1.29 is 9.52 Å². The van der Waals surface area contributed by atoms with Crippen molar-refractivity contribution in [2.24, 2.45) is 0 Å². The van der Waals surface area contributed by atoms with Gasteiger partial charge >= 0.3 is 0 Å². The maximum Gasteiger partial charge on any atom is 0.228 e. The number of fused-ring (bicyclic) bond motifs is 1. The number of benzene rings is 1. The van der Waals surface area contributed by atoms with Crippen LogP contribution >= 0.6 is 0 Å². The first kappa shape index (κ1) is 23.1. The molecule has 2 fully saturated rings. The summed E-state index contributed by atoms with van der Waals surface area (Å²) < 4.78 is 7.48. The van der Waals surface area contributed by atoms with Crippen molar-refractivity contribution in [2.45, 2.75) is 31.4 Å². The Labute approximate surface area is 211 Å². The van der Waals surface area contributed by atoms with Gasteiger partial charge < -0.3 is 19.3 Å². The molecule has 2 aliphatic heterocycles. The molecule has 6 rings (SSSR count). The van der Waals surface area contributed by atoms with E-state index in [0.717, 1.165) is 75.8 Å². The Hall–Kier alpha value is -3.27. The number of aromatic nitrogens is 4. The van der Waals surface area contributed by atoms with Crippen LogP contribution in [0.4, 0.5) is 5.95 Å². The van der Waals surface area contributed by atoms with Crippen molar-refractivity contribution in [2.75, 3.05) is 51.2 Å². The molecule has 36 heavy (non-hydrogen) atoms. The van der Waals surface area contributed by atoms with Gasteiger partial charge in [0.1, 0.15) is 0 Å². The standard InChI is InChI=1S/C27H33N7O2/c1-31-13-15-33(16-14-31)26-28-19-22(25-29-24(30-34(25)26)23-8-5-17-36-23)20-32-11-9-27(35,10-12-32)18-21-6-3-2-4-7-21/h2-8,17,19,35H,9-16,18,20H2,1H3. The minimum atomic E-state index is -0.655. The number of aliphatic hydroxyl groups is 1.